The lowest BCUT2D eigenvalue weighted by Gasteiger charge is -2.10. The number of hydrogen-bond acceptors (Lipinski definition) is 3. The number of halogens is 1. The Hall–Kier alpha value is -0.520. The molecule has 1 rings (SSSR count). The first-order valence-corrected chi connectivity index (χ1v) is 6.16. The van der Waals surface area contributed by atoms with Crippen LogP contribution in [0.5, 0.6) is 0 Å². The molecule has 0 saturated carbocycles. The van der Waals surface area contributed by atoms with Crippen molar-refractivity contribution in [3.05, 3.63) is 28.7 Å². The monoisotopic (exact) mass is 289 g/mol. The normalized spacial score (nSPS) is 12.4. The van der Waals surface area contributed by atoms with Gasteiger partial charge in [0.15, 0.2) is 0 Å². The van der Waals surface area contributed by atoms with Crippen LogP contribution in [0.25, 0.3) is 0 Å². The summed E-state index contributed by atoms with van der Waals surface area (Å²) < 4.78 is 0.949. The number of rotatable bonds is 5. The van der Waals surface area contributed by atoms with E-state index in [1.165, 1.54) is 11.8 Å². The van der Waals surface area contributed by atoms with E-state index in [9.17, 15) is 4.79 Å². The van der Waals surface area contributed by atoms with E-state index in [-0.39, 0.29) is 0 Å². The lowest BCUT2D eigenvalue weighted by atomic mass is 10.3. The predicted octanol–water partition coefficient (Wildman–Crippen LogP) is 2.34. The van der Waals surface area contributed by atoms with Crippen molar-refractivity contribution < 1.29 is 9.90 Å². The van der Waals surface area contributed by atoms with Gasteiger partial charge in [-0.2, -0.15) is 0 Å². The molecule has 0 saturated heterocycles. The first-order valence-electron chi connectivity index (χ1n) is 4.48. The molecule has 5 heteroatoms. The van der Waals surface area contributed by atoms with Gasteiger partial charge in [-0.05, 0) is 31.2 Å². The summed E-state index contributed by atoms with van der Waals surface area (Å²) >= 11 is 4.67. The van der Waals surface area contributed by atoms with Crippen molar-refractivity contribution in [1.29, 1.82) is 0 Å². The van der Waals surface area contributed by atoms with Crippen LogP contribution >= 0.6 is 27.7 Å². The molecule has 0 fully saturated rings. The molecule has 0 radical (unpaired) electrons. The fourth-order valence-electron chi connectivity index (χ4n) is 1.09. The van der Waals surface area contributed by atoms with E-state index in [0.29, 0.717) is 13.0 Å². The van der Waals surface area contributed by atoms with E-state index in [4.69, 9.17) is 10.8 Å². The zero-order valence-corrected chi connectivity index (χ0v) is 10.4. The minimum atomic E-state index is -0.814. The molecule has 0 aromatic heterocycles. The van der Waals surface area contributed by atoms with Gasteiger partial charge in [-0.25, -0.2) is 0 Å². The summed E-state index contributed by atoms with van der Waals surface area (Å²) in [5, 5.41) is 8.48. The molecule has 3 N–H and O–H groups in total. The lowest BCUT2D eigenvalue weighted by Crippen LogP contribution is -2.20. The van der Waals surface area contributed by atoms with Crippen LogP contribution in [-0.2, 0) is 4.79 Å². The van der Waals surface area contributed by atoms with Gasteiger partial charge in [0.25, 0.3) is 0 Å². The summed E-state index contributed by atoms with van der Waals surface area (Å²) in [7, 11) is 0. The van der Waals surface area contributed by atoms with E-state index < -0.39 is 11.2 Å². The number of hydrogen-bond donors (Lipinski definition) is 2. The number of aliphatic carboxylic acids is 1. The molecule has 0 amide bonds. The molecular formula is C10H12BrNO2S. The van der Waals surface area contributed by atoms with E-state index in [1.807, 2.05) is 24.3 Å². The standard InChI is InChI=1S/C10H12BrNO2S/c11-7-2-1-3-8(6-7)15-9(4-5-12)10(13)14/h1-3,6,9H,4-5,12H2,(H,13,14). The summed E-state index contributed by atoms with van der Waals surface area (Å²) in [5.74, 6) is -0.814. The Labute approximate surface area is 101 Å². The Bertz CT molecular complexity index is 346. The number of thioether (sulfide) groups is 1. The largest absolute Gasteiger partial charge is 0.480 e. The summed E-state index contributed by atoms with van der Waals surface area (Å²) in [4.78, 5) is 11.8. The summed E-state index contributed by atoms with van der Waals surface area (Å²) in [5.41, 5.74) is 5.36. The van der Waals surface area contributed by atoms with Gasteiger partial charge < -0.3 is 10.8 Å². The van der Waals surface area contributed by atoms with Crippen LogP contribution in [0.15, 0.2) is 33.6 Å². The highest BCUT2D eigenvalue weighted by Crippen LogP contribution is 2.27. The highest BCUT2D eigenvalue weighted by molar-refractivity contribution is 9.10. The van der Waals surface area contributed by atoms with E-state index >= 15 is 0 Å². The summed E-state index contributed by atoms with van der Waals surface area (Å²) in [6.07, 6.45) is 0.479. The second kappa shape index (κ2) is 6.15. The van der Waals surface area contributed by atoms with Gasteiger partial charge in [0.05, 0.1) is 0 Å². The Balaban J connectivity index is 2.69. The van der Waals surface area contributed by atoms with Crippen molar-refractivity contribution in [3.8, 4) is 0 Å². The Morgan fingerprint density at radius 3 is 2.87 bits per heavy atom. The third-order valence-electron chi connectivity index (χ3n) is 1.78. The maximum Gasteiger partial charge on any atom is 0.317 e. The molecule has 0 heterocycles. The van der Waals surface area contributed by atoms with Gasteiger partial charge in [-0.15, -0.1) is 11.8 Å². The van der Waals surface area contributed by atoms with Crippen LogP contribution in [0.2, 0.25) is 0 Å². The first-order chi connectivity index (χ1) is 7.13. The number of carboxylic acid groups (broad SMARTS) is 1. The van der Waals surface area contributed by atoms with Crippen LogP contribution in [0.3, 0.4) is 0 Å². The molecule has 0 aliphatic heterocycles. The van der Waals surface area contributed by atoms with Crippen molar-refractivity contribution in [2.24, 2.45) is 5.73 Å². The minimum absolute atomic E-state index is 0.387. The molecule has 1 aromatic carbocycles. The molecule has 1 unspecified atom stereocenters. The maximum absolute atomic E-state index is 10.9. The van der Waals surface area contributed by atoms with E-state index in [0.717, 1.165) is 9.37 Å². The molecule has 3 nitrogen and oxygen atoms in total. The average molecular weight is 290 g/mol. The highest BCUT2D eigenvalue weighted by Gasteiger charge is 2.17. The number of carboxylic acids is 1. The van der Waals surface area contributed by atoms with Crippen LogP contribution in [0.4, 0.5) is 0 Å². The highest BCUT2D eigenvalue weighted by atomic mass is 79.9. The van der Waals surface area contributed by atoms with Crippen LogP contribution in [0, 0.1) is 0 Å². The molecule has 82 valence electrons. The number of carbonyl (C=O) groups is 1. The Kier molecular flexibility index (Phi) is 5.14. The SMILES string of the molecule is NCCC(Sc1cccc(Br)c1)C(=O)O. The Morgan fingerprint density at radius 2 is 2.33 bits per heavy atom. The zero-order valence-electron chi connectivity index (χ0n) is 8.02. The molecule has 15 heavy (non-hydrogen) atoms. The fraction of sp³-hybridized carbons (Fsp3) is 0.300. The number of benzene rings is 1. The minimum Gasteiger partial charge on any atom is -0.480 e. The molecule has 0 aliphatic rings. The summed E-state index contributed by atoms with van der Waals surface area (Å²) in [6, 6.07) is 7.58. The van der Waals surface area contributed by atoms with Crippen LogP contribution < -0.4 is 5.73 Å². The Morgan fingerprint density at radius 1 is 1.60 bits per heavy atom. The van der Waals surface area contributed by atoms with Gasteiger partial charge in [0.1, 0.15) is 5.25 Å². The molecule has 1 atom stereocenters. The molecule has 0 bridgehead atoms. The van der Waals surface area contributed by atoms with Gasteiger partial charge in [0, 0.05) is 9.37 Å². The van der Waals surface area contributed by atoms with Gasteiger partial charge >= 0.3 is 5.97 Å². The van der Waals surface area contributed by atoms with Crippen molar-refractivity contribution >= 4 is 33.7 Å². The molecule has 1 aromatic rings. The van der Waals surface area contributed by atoms with E-state index in [1.54, 1.807) is 0 Å². The second-order valence-corrected chi connectivity index (χ2v) is 5.17. The average Bonchev–Trinajstić information content (AvgIpc) is 2.17. The van der Waals surface area contributed by atoms with Gasteiger partial charge in [-0.1, -0.05) is 22.0 Å². The molecular weight excluding hydrogens is 278 g/mol. The topological polar surface area (TPSA) is 63.3 Å². The smallest absolute Gasteiger partial charge is 0.317 e. The van der Waals surface area contributed by atoms with Crippen molar-refractivity contribution in [2.45, 2.75) is 16.6 Å². The molecule has 0 spiro atoms. The fourth-order valence-corrected chi connectivity index (χ4v) is 2.67. The van der Waals surface area contributed by atoms with Crippen molar-refractivity contribution in [2.75, 3.05) is 6.54 Å². The third kappa shape index (κ3) is 4.24. The van der Waals surface area contributed by atoms with Gasteiger partial charge in [0.2, 0.25) is 0 Å². The third-order valence-corrected chi connectivity index (χ3v) is 3.52. The van der Waals surface area contributed by atoms with Crippen molar-refractivity contribution in [3.63, 3.8) is 0 Å². The van der Waals surface area contributed by atoms with Crippen LogP contribution in [0.1, 0.15) is 6.42 Å². The number of nitrogens with two attached hydrogens (primary N) is 1. The van der Waals surface area contributed by atoms with E-state index in [2.05, 4.69) is 15.9 Å². The maximum atomic E-state index is 10.9. The van der Waals surface area contributed by atoms with Crippen LogP contribution in [-0.4, -0.2) is 22.9 Å². The van der Waals surface area contributed by atoms with Gasteiger partial charge in [-0.3, -0.25) is 4.79 Å². The van der Waals surface area contributed by atoms with Crippen molar-refractivity contribution in [1.82, 2.24) is 0 Å². The first kappa shape index (κ1) is 12.5. The quantitative estimate of drug-likeness (QED) is 0.817. The zero-order chi connectivity index (χ0) is 11.3. The second-order valence-electron chi connectivity index (χ2n) is 2.98. The summed E-state index contributed by atoms with van der Waals surface area (Å²) in [6.45, 7) is 0.387. The lowest BCUT2D eigenvalue weighted by molar-refractivity contribution is -0.136. The predicted molar refractivity (Wildman–Crippen MR) is 65.1 cm³/mol. The molecule has 0 aliphatic carbocycles.